The molecule has 6 aromatic rings. The largest absolute Gasteiger partial charge is 0.508 e. The zero-order valence-corrected chi connectivity index (χ0v) is 38.1. The second-order valence-electron chi connectivity index (χ2n) is 17.9. The third-order valence-electron chi connectivity index (χ3n) is 13.8. The number of aromatic nitrogens is 2. The van der Waals surface area contributed by atoms with E-state index in [1.54, 1.807) is 34.7 Å². The Kier molecular flexibility index (Phi) is 12.0. The maximum Gasteiger partial charge on any atom is 0.264 e. The highest BCUT2D eigenvalue weighted by molar-refractivity contribution is 6.13. The SMILES string of the molecule is Cc1c(N(C(=O)c2cc(-c3cc4c(cc3C(=O)N3Cc5ccccc5C[C@H]3C)CN(C(=O)Cc3ccc(OCCN5CC(F)C5)cc3)CC4)n(C)c2C)c2ccc(O)cc2)cc(C#N)n1C. The second kappa shape index (κ2) is 18.0. The average Bonchev–Trinajstić information content (AvgIpc) is 3.77. The molecule has 338 valence electrons. The quantitative estimate of drug-likeness (QED) is 0.140. The van der Waals surface area contributed by atoms with Gasteiger partial charge in [-0.25, -0.2) is 4.39 Å². The third kappa shape index (κ3) is 8.44. The average molecular weight is 888 g/mol. The number of likely N-dealkylation sites (tertiary alicyclic amines) is 1. The number of phenolic OH excluding ortho intramolecular Hbond substituents is 1. The van der Waals surface area contributed by atoms with E-state index in [0.717, 1.165) is 28.7 Å². The van der Waals surface area contributed by atoms with Crippen LogP contribution in [0.4, 0.5) is 15.8 Å². The number of anilines is 2. The van der Waals surface area contributed by atoms with Crippen LogP contribution in [0, 0.1) is 25.2 Å². The van der Waals surface area contributed by atoms with Gasteiger partial charge in [-0.2, -0.15) is 5.26 Å². The normalized spacial score (nSPS) is 16.0. The molecule has 3 amide bonds. The summed E-state index contributed by atoms with van der Waals surface area (Å²) >= 11 is 0. The molecule has 0 bridgehead atoms. The third-order valence-corrected chi connectivity index (χ3v) is 13.8. The van der Waals surface area contributed by atoms with Crippen LogP contribution in [0.2, 0.25) is 0 Å². The highest BCUT2D eigenvalue weighted by Crippen LogP contribution is 2.38. The first-order valence-electron chi connectivity index (χ1n) is 22.5. The number of rotatable bonds is 11. The number of fused-ring (bicyclic) bond motifs is 2. The van der Waals surface area contributed by atoms with E-state index in [1.807, 2.05) is 88.7 Å². The molecule has 1 fully saturated rings. The molecule has 9 rings (SSSR count). The Morgan fingerprint density at radius 2 is 1.58 bits per heavy atom. The molecule has 0 aliphatic carbocycles. The first-order chi connectivity index (χ1) is 31.8. The van der Waals surface area contributed by atoms with Crippen molar-refractivity contribution in [2.24, 2.45) is 14.1 Å². The molecule has 0 radical (unpaired) electrons. The van der Waals surface area contributed by atoms with Crippen molar-refractivity contribution in [3.63, 3.8) is 0 Å². The van der Waals surface area contributed by atoms with Gasteiger partial charge in [0.1, 0.15) is 36.0 Å². The lowest BCUT2D eigenvalue weighted by Gasteiger charge is -2.36. The van der Waals surface area contributed by atoms with Gasteiger partial charge in [-0.3, -0.25) is 24.2 Å². The number of aromatic hydroxyl groups is 1. The van der Waals surface area contributed by atoms with Crippen molar-refractivity contribution in [1.29, 1.82) is 5.26 Å². The van der Waals surface area contributed by atoms with E-state index in [9.17, 15) is 19.6 Å². The van der Waals surface area contributed by atoms with Crippen LogP contribution in [0.5, 0.6) is 11.5 Å². The minimum Gasteiger partial charge on any atom is -0.508 e. The van der Waals surface area contributed by atoms with Gasteiger partial charge in [-0.1, -0.05) is 36.4 Å². The number of nitrogens with zero attached hydrogens (tertiary/aromatic N) is 7. The number of halogens is 1. The number of benzene rings is 4. The van der Waals surface area contributed by atoms with E-state index in [1.165, 1.54) is 17.7 Å². The monoisotopic (exact) mass is 887 g/mol. The van der Waals surface area contributed by atoms with Crippen LogP contribution in [0.1, 0.15) is 72.5 Å². The number of ether oxygens (including phenoxy) is 1. The molecule has 0 saturated carbocycles. The lowest BCUT2D eigenvalue weighted by molar-refractivity contribution is -0.131. The van der Waals surface area contributed by atoms with Crippen LogP contribution in [-0.4, -0.2) is 91.7 Å². The van der Waals surface area contributed by atoms with Gasteiger partial charge in [0.05, 0.1) is 17.7 Å². The smallest absolute Gasteiger partial charge is 0.264 e. The van der Waals surface area contributed by atoms with Gasteiger partial charge in [-0.05, 0) is 122 Å². The number of carbonyl (C=O) groups excluding carboxylic acids is 3. The molecule has 13 heteroatoms. The number of phenols is 1. The first-order valence-corrected chi connectivity index (χ1v) is 22.5. The van der Waals surface area contributed by atoms with Crippen molar-refractivity contribution in [3.8, 4) is 28.8 Å². The van der Waals surface area contributed by atoms with Crippen molar-refractivity contribution >= 4 is 29.1 Å². The van der Waals surface area contributed by atoms with Crippen LogP contribution < -0.4 is 9.64 Å². The predicted molar refractivity (Wildman–Crippen MR) is 251 cm³/mol. The predicted octanol–water partition coefficient (Wildman–Crippen LogP) is 7.95. The molecule has 3 aliphatic rings. The topological polar surface area (TPSA) is 127 Å². The summed E-state index contributed by atoms with van der Waals surface area (Å²) in [6.07, 6.45) is 0.783. The zero-order valence-electron chi connectivity index (χ0n) is 38.1. The molecular formula is C53H54FN7O5. The minimum atomic E-state index is -0.742. The Balaban J connectivity index is 1.04. The Bertz CT molecular complexity index is 2890. The van der Waals surface area contributed by atoms with Gasteiger partial charge in [0, 0.05) is 93.3 Å². The van der Waals surface area contributed by atoms with E-state index >= 15 is 9.59 Å². The van der Waals surface area contributed by atoms with Crippen molar-refractivity contribution in [3.05, 3.63) is 153 Å². The molecule has 0 unspecified atom stereocenters. The van der Waals surface area contributed by atoms with E-state index in [-0.39, 0.29) is 35.9 Å². The number of hydrogen-bond acceptors (Lipinski definition) is 7. The highest BCUT2D eigenvalue weighted by Gasteiger charge is 2.34. The summed E-state index contributed by atoms with van der Waals surface area (Å²) in [6, 6.07) is 31.9. The van der Waals surface area contributed by atoms with Crippen LogP contribution in [-0.2, 0) is 51.2 Å². The van der Waals surface area contributed by atoms with Gasteiger partial charge in [-0.15, -0.1) is 0 Å². The molecule has 0 spiro atoms. The molecule has 4 aromatic carbocycles. The van der Waals surface area contributed by atoms with Gasteiger partial charge in [0.15, 0.2) is 0 Å². The number of alkyl halides is 1. The summed E-state index contributed by atoms with van der Waals surface area (Å²) in [6.45, 7) is 9.18. The van der Waals surface area contributed by atoms with Gasteiger partial charge in [0.2, 0.25) is 5.91 Å². The molecule has 2 aromatic heterocycles. The number of nitriles is 1. The lowest BCUT2D eigenvalue weighted by Crippen LogP contribution is -2.49. The molecule has 1 saturated heterocycles. The van der Waals surface area contributed by atoms with Crippen LogP contribution >= 0.6 is 0 Å². The molecule has 1 N–H and O–H groups in total. The van der Waals surface area contributed by atoms with Crippen molar-refractivity contribution < 1.29 is 28.6 Å². The minimum absolute atomic E-state index is 0.0129. The van der Waals surface area contributed by atoms with Gasteiger partial charge < -0.3 is 28.8 Å². The van der Waals surface area contributed by atoms with E-state index in [0.29, 0.717) is 109 Å². The maximum absolute atomic E-state index is 15.1. The molecule has 5 heterocycles. The second-order valence-corrected chi connectivity index (χ2v) is 17.9. The summed E-state index contributed by atoms with van der Waals surface area (Å²) < 4.78 is 22.7. The van der Waals surface area contributed by atoms with Gasteiger partial charge in [0.25, 0.3) is 11.8 Å². The Morgan fingerprint density at radius 3 is 2.27 bits per heavy atom. The lowest BCUT2D eigenvalue weighted by atomic mass is 9.89. The van der Waals surface area contributed by atoms with Crippen LogP contribution in [0.25, 0.3) is 11.3 Å². The standard InChI is InChI=1S/C53H54FN7O5/c1-33-22-37-8-6-7-9-39(37)30-60(33)52(64)48-25-40-29-59(51(63)23-36-10-16-45(17-11-36)66-21-20-58-31-41(54)32-58)19-18-38(40)24-47(48)50-27-46(34(2)57(50)5)53(65)61(42-12-14-44(62)15-13-42)49-26-43(28-55)56(4)35(49)3/h6-17,24-27,33,41,62H,18-23,29-32H2,1-5H3/t33-/m1/s1. The number of amides is 3. The summed E-state index contributed by atoms with van der Waals surface area (Å²) in [4.78, 5) is 51.4. The van der Waals surface area contributed by atoms with Crippen molar-refractivity contribution in [2.75, 3.05) is 37.7 Å². The van der Waals surface area contributed by atoms with E-state index in [2.05, 4.69) is 31.2 Å². The van der Waals surface area contributed by atoms with E-state index in [4.69, 9.17) is 4.74 Å². The Hall–Kier alpha value is -7.17. The fourth-order valence-electron chi connectivity index (χ4n) is 9.57. The first kappa shape index (κ1) is 44.1. The molecular weight excluding hydrogens is 834 g/mol. The van der Waals surface area contributed by atoms with E-state index < -0.39 is 6.17 Å². The fraction of sp³-hybridized carbons (Fsp3) is 0.321. The van der Waals surface area contributed by atoms with Crippen LogP contribution in [0.3, 0.4) is 0 Å². The van der Waals surface area contributed by atoms with Crippen molar-refractivity contribution in [1.82, 2.24) is 23.8 Å². The summed E-state index contributed by atoms with van der Waals surface area (Å²) in [7, 11) is 3.68. The molecule has 3 aliphatic heterocycles. The number of hydrogen-bond donors (Lipinski definition) is 1. The maximum atomic E-state index is 15.1. The molecule has 1 atom stereocenters. The summed E-state index contributed by atoms with van der Waals surface area (Å²) in [5.74, 6) is 0.288. The van der Waals surface area contributed by atoms with Crippen molar-refractivity contribution in [2.45, 2.75) is 65.3 Å². The zero-order chi connectivity index (χ0) is 46.4. The van der Waals surface area contributed by atoms with Crippen LogP contribution in [0.15, 0.2) is 97.1 Å². The Morgan fingerprint density at radius 1 is 0.848 bits per heavy atom. The Labute approximate surface area is 384 Å². The van der Waals surface area contributed by atoms with Gasteiger partial charge >= 0.3 is 0 Å². The highest BCUT2D eigenvalue weighted by atomic mass is 19.1. The fourth-order valence-corrected chi connectivity index (χ4v) is 9.57. The molecule has 12 nitrogen and oxygen atoms in total. The summed E-state index contributed by atoms with van der Waals surface area (Å²) in [5.41, 5.74) is 10.3. The molecule has 66 heavy (non-hydrogen) atoms. The summed E-state index contributed by atoms with van der Waals surface area (Å²) in [5, 5.41) is 20.1. The number of carbonyl (C=O) groups is 3.